The number of nitrogens with zero attached hydrogens (tertiary/aromatic N) is 1. The molecule has 0 spiro atoms. The van der Waals surface area contributed by atoms with E-state index in [0.29, 0.717) is 0 Å². The van der Waals surface area contributed by atoms with Crippen LogP contribution >= 0.6 is 0 Å². The van der Waals surface area contributed by atoms with E-state index in [4.69, 9.17) is 0 Å². The lowest BCUT2D eigenvalue weighted by molar-refractivity contribution is 1.24. The zero-order chi connectivity index (χ0) is 8.27. The number of hydrogen-bond acceptors (Lipinski definition) is 1. The van der Waals surface area contributed by atoms with E-state index >= 15 is 0 Å². The molecule has 0 N–H and O–H groups in total. The van der Waals surface area contributed by atoms with E-state index in [1.54, 1.807) is 0 Å². The molecule has 0 saturated carbocycles. The van der Waals surface area contributed by atoms with E-state index < -0.39 is 0 Å². The molecule has 0 saturated heterocycles. The molecule has 0 aromatic carbocycles. The van der Waals surface area contributed by atoms with Crippen LogP contribution in [0.2, 0.25) is 0 Å². The Kier molecular flexibility index (Phi) is 2.42. The molecule has 0 aromatic heterocycles. The van der Waals surface area contributed by atoms with Gasteiger partial charge in [0, 0.05) is 0 Å². The summed E-state index contributed by atoms with van der Waals surface area (Å²) in [7, 11) is 0. The smallest absolute Gasteiger partial charge is 0.0630 e. The van der Waals surface area contributed by atoms with Gasteiger partial charge in [-0.1, -0.05) is 24.8 Å². The highest BCUT2D eigenvalue weighted by Crippen LogP contribution is 2.08. The topological polar surface area (TPSA) is 12.4 Å². The Labute approximate surface area is 67.8 Å². The standard InChI is InChI=1S/C10H13N/c1-8(2)10-9(3)6-4-5-7-11-10/h4-6H,1,7H2,2-3H3. The number of allylic oxidation sites excluding steroid dienone is 4. The SMILES string of the molecule is C=C(C)C1=NCC=CC=C1C. The van der Waals surface area contributed by atoms with Gasteiger partial charge in [0.25, 0.3) is 0 Å². The van der Waals surface area contributed by atoms with Crippen molar-refractivity contribution in [3.63, 3.8) is 0 Å². The van der Waals surface area contributed by atoms with Gasteiger partial charge < -0.3 is 0 Å². The highest BCUT2D eigenvalue weighted by molar-refractivity contribution is 6.11. The Morgan fingerprint density at radius 3 is 3.00 bits per heavy atom. The van der Waals surface area contributed by atoms with Gasteiger partial charge >= 0.3 is 0 Å². The zero-order valence-electron chi connectivity index (χ0n) is 7.09. The maximum absolute atomic E-state index is 4.37. The summed E-state index contributed by atoms with van der Waals surface area (Å²) >= 11 is 0. The van der Waals surface area contributed by atoms with Crippen molar-refractivity contribution in [2.75, 3.05) is 6.54 Å². The average molecular weight is 147 g/mol. The molecule has 11 heavy (non-hydrogen) atoms. The molecule has 0 unspecified atom stereocenters. The van der Waals surface area contributed by atoms with Crippen LogP contribution in [0.15, 0.2) is 40.9 Å². The molecule has 0 aliphatic carbocycles. The summed E-state index contributed by atoms with van der Waals surface area (Å²) in [5.74, 6) is 0. The second kappa shape index (κ2) is 3.33. The van der Waals surface area contributed by atoms with Gasteiger partial charge in [0.15, 0.2) is 0 Å². The minimum absolute atomic E-state index is 0.774. The molecule has 58 valence electrons. The van der Waals surface area contributed by atoms with Crippen LogP contribution in [0, 0.1) is 0 Å². The third kappa shape index (κ3) is 1.90. The molecular formula is C10H13N. The lowest BCUT2D eigenvalue weighted by Gasteiger charge is -2.02. The first-order chi connectivity index (χ1) is 5.22. The quantitative estimate of drug-likeness (QED) is 0.540. The molecule has 1 heterocycles. The Hall–Kier alpha value is -1.11. The van der Waals surface area contributed by atoms with Gasteiger partial charge in [0.1, 0.15) is 0 Å². The fraction of sp³-hybridized carbons (Fsp3) is 0.300. The Morgan fingerprint density at radius 1 is 1.64 bits per heavy atom. The Bertz CT molecular complexity index is 254. The summed E-state index contributed by atoms with van der Waals surface area (Å²) in [6, 6.07) is 0. The summed E-state index contributed by atoms with van der Waals surface area (Å²) in [4.78, 5) is 4.37. The molecule has 0 amide bonds. The lowest BCUT2D eigenvalue weighted by Crippen LogP contribution is -2.00. The van der Waals surface area contributed by atoms with Crippen molar-refractivity contribution in [3.05, 3.63) is 36.0 Å². The van der Waals surface area contributed by atoms with Crippen LogP contribution in [0.3, 0.4) is 0 Å². The summed E-state index contributed by atoms with van der Waals surface area (Å²) in [6.07, 6.45) is 6.15. The van der Waals surface area contributed by atoms with Crippen molar-refractivity contribution < 1.29 is 0 Å². The van der Waals surface area contributed by atoms with Crippen LogP contribution < -0.4 is 0 Å². The minimum atomic E-state index is 0.774. The van der Waals surface area contributed by atoms with Crippen molar-refractivity contribution in [3.8, 4) is 0 Å². The first-order valence-electron chi connectivity index (χ1n) is 3.76. The first-order valence-corrected chi connectivity index (χ1v) is 3.76. The van der Waals surface area contributed by atoms with Gasteiger partial charge in [-0.15, -0.1) is 0 Å². The summed E-state index contributed by atoms with van der Waals surface area (Å²) in [6.45, 7) is 8.69. The maximum atomic E-state index is 4.37. The Balaban J connectivity index is 2.95. The van der Waals surface area contributed by atoms with Gasteiger partial charge in [-0.3, -0.25) is 4.99 Å². The summed E-state index contributed by atoms with van der Waals surface area (Å²) < 4.78 is 0. The fourth-order valence-electron chi connectivity index (χ4n) is 1.09. The zero-order valence-corrected chi connectivity index (χ0v) is 7.09. The van der Waals surface area contributed by atoms with Crippen LogP contribution in [-0.4, -0.2) is 12.3 Å². The van der Waals surface area contributed by atoms with Crippen LogP contribution in [0.1, 0.15) is 13.8 Å². The van der Waals surface area contributed by atoms with Crippen LogP contribution in [0.25, 0.3) is 0 Å². The summed E-state index contributed by atoms with van der Waals surface area (Å²) in [5.41, 5.74) is 3.30. The van der Waals surface area contributed by atoms with Gasteiger partial charge in [0.2, 0.25) is 0 Å². The summed E-state index contributed by atoms with van der Waals surface area (Å²) in [5, 5.41) is 0. The van der Waals surface area contributed by atoms with Crippen molar-refractivity contribution >= 4 is 5.71 Å². The maximum Gasteiger partial charge on any atom is 0.0630 e. The monoisotopic (exact) mass is 147 g/mol. The van der Waals surface area contributed by atoms with E-state index in [0.717, 1.165) is 17.8 Å². The molecule has 0 bridgehead atoms. The van der Waals surface area contributed by atoms with Gasteiger partial charge in [-0.2, -0.15) is 0 Å². The Morgan fingerprint density at radius 2 is 2.36 bits per heavy atom. The van der Waals surface area contributed by atoms with Crippen LogP contribution in [0.4, 0.5) is 0 Å². The van der Waals surface area contributed by atoms with E-state index in [1.165, 1.54) is 5.57 Å². The van der Waals surface area contributed by atoms with Crippen LogP contribution in [0.5, 0.6) is 0 Å². The second-order valence-electron chi connectivity index (χ2n) is 2.75. The number of rotatable bonds is 1. The largest absolute Gasteiger partial charge is 0.281 e. The van der Waals surface area contributed by atoms with Crippen molar-refractivity contribution in [2.24, 2.45) is 4.99 Å². The molecule has 1 rings (SSSR count). The highest BCUT2D eigenvalue weighted by Gasteiger charge is 2.02. The van der Waals surface area contributed by atoms with E-state index in [2.05, 4.69) is 24.6 Å². The number of hydrogen-bond donors (Lipinski definition) is 0. The first kappa shape index (κ1) is 7.99. The van der Waals surface area contributed by atoms with E-state index in [-0.39, 0.29) is 0 Å². The van der Waals surface area contributed by atoms with Gasteiger partial charge in [-0.05, 0) is 25.0 Å². The van der Waals surface area contributed by atoms with Gasteiger partial charge in [0.05, 0.1) is 12.3 Å². The molecular weight excluding hydrogens is 134 g/mol. The minimum Gasteiger partial charge on any atom is -0.281 e. The van der Waals surface area contributed by atoms with Gasteiger partial charge in [-0.25, -0.2) is 0 Å². The average Bonchev–Trinajstić information content (AvgIpc) is 2.13. The van der Waals surface area contributed by atoms with Crippen molar-refractivity contribution in [2.45, 2.75) is 13.8 Å². The molecule has 1 heteroatoms. The molecule has 1 nitrogen and oxygen atoms in total. The van der Waals surface area contributed by atoms with Crippen molar-refractivity contribution in [1.29, 1.82) is 0 Å². The predicted molar refractivity (Wildman–Crippen MR) is 50.0 cm³/mol. The molecule has 0 fully saturated rings. The van der Waals surface area contributed by atoms with Crippen molar-refractivity contribution in [1.82, 2.24) is 0 Å². The lowest BCUT2D eigenvalue weighted by atomic mass is 10.1. The van der Waals surface area contributed by atoms with E-state index in [9.17, 15) is 0 Å². The third-order valence-electron chi connectivity index (χ3n) is 1.61. The molecule has 1 aliphatic rings. The number of aliphatic imine (C=N–C) groups is 1. The molecule has 0 aromatic rings. The molecule has 1 aliphatic heterocycles. The predicted octanol–water partition coefficient (Wildman–Crippen LogP) is 2.52. The molecule has 0 radical (unpaired) electrons. The third-order valence-corrected chi connectivity index (χ3v) is 1.61. The second-order valence-corrected chi connectivity index (χ2v) is 2.75. The van der Waals surface area contributed by atoms with Crippen LogP contribution in [-0.2, 0) is 0 Å². The highest BCUT2D eigenvalue weighted by atomic mass is 14.7. The normalized spacial score (nSPS) is 16.9. The molecule has 0 atom stereocenters. The van der Waals surface area contributed by atoms with E-state index in [1.807, 2.05) is 19.1 Å². The fourth-order valence-corrected chi connectivity index (χ4v) is 1.09.